The summed E-state index contributed by atoms with van der Waals surface area (Å²) >= 11 is 0. The molecule has 5 heteroatoms. The third-order valence-electron chi connectivity index (χ3n) is 6.29. The molecule has 0 aliphatic heterocycles. The van der Waals surface area contributed by atoms with Crippen molar-refractivity contribution in [1.29, 1.82) is 0 Å². The summed E-state index contributed by atoms with van der Waals surface area (Å²) in [4.78, 5) is 23.4. The maximum absolute atomic E-state index is 12.7. The van der Waals surface area contributed by atoms with Gasteiger partial charge in [0.2, 0.25) is 0 Å². The molecule has 3 aliphatic rings. The van der Waals surface area contributed by atoms with E-state index >= 15 is 0 Å². The fourth-order valence-corrected chi connectivity index (χ4v) is 5.10. The minimum Gasteiger partial charge on any atom is -0.352 e. The van der Waals surface area contributed by atoms with Gasteiger partial charge in [-0.2, -0.15) is 0 Å². The Morgan fingerprint density at radius 2 is 1.45 bits per heavy atom. The normalized spacial score (nSPS) is 21.2. The summed E-state index contributed by atoms with van der Waals surface area (Å²) in [5, 5.41) is 14.2. The van der Waals surface area contributed by atoms with Gasteiger partial charge in [-0.1, -0.05) is 60.7 Å². The average Bonchev–Trinajstić information content (AvgIpc) is 2.77. The zero-order chi connectivity index (χ0) is 20.0. The highest BCUT2D eigenvalue weighted by atomic mass is 16.6. The van der Waals surface area contributed by atoms with Gasteiger partial charge in [0.25, 0.3) is 11.6 Å². The van der Waals surface area contributed by atoms with Crippen molar-refractivity contribution in [3.05, 3.63) is 111 Å². The van der Waals surface area contributed by atoms with Crippen LogP contribution in [0.25, 0.3) is 0 Å². The molecule has 29 heavy (non-hydrogen) atoms. The largest absolute Gasteiger partial charge is 0.352 e. The van der Waals surface area contributed by atoms with Gasteiger partial charge in [0.05, 0.1) is 4.92 Å². The van der Waals surface area contributed by atoms with Gasteiger partial charge in [0.1, 0.15) is 5.56 Å². The summed E-state index contributed by atoms with van der Waals surface area (Å²) in [6, 6.07) is 23.2. The highest BCUT2D eigenvalue weighted by Gasteiger charge is 2.43. The molecule has 1 amide bonds. The van der Waals surface area contributed by atoms with Crippen molar-refractivity contribution in [3.8, 4) is 0 Å². The molecule has 0 aromatic heterocycles. The zero-order valence-electron chi connectivity index (χ0n) is 15.7. The molecule has 3 aromatic carbocycles. The molecule has 5 nitrogen and oxygen atoms in total. The minimum absolute atomic E-state index is 0.110. The summed E-state index contributed by atoms with van der Waals surface area (Å²) in [7, 11) is 0. The summed E-state index contributed by atoms with van der Waals surface area (Å²) < 4.78 is 0. The summed E-state index contributed by atoms with van der Waals surface area (Å²) in [5.74, 6) is 0.440. The molecule has 3 aliphatic carbocycles. The van der Waals surface area contributed by atoms with Crippen molar-refractivity contribution in [3.63, 3.8) is 0 Å². The fourth-order valence-electron chi connectivity index (χ4n) is 5.10. The van der Waals surface area contributed by atoms with Crippen LogP contribution in [0.4, 0.5) is 5.69 Å². The van der Waals surface area contributed by atoms with Gasteiger partial charge >= 0.3 is 0 Å². The SMILES string of the molecule is O=C(NCC1CC2c3ccccc3C1c1ccccc12)c1ccccc1[N+](=O)[O-]. The summed E-state index contributed by atoms with van der Waals surface area (Å²) in [6.07, 6.45) is 0.968. The molecule has 1 N–H and O–H groups in total. The van der Waals surface area contributed by atoms with Crippen LogP contribution in [-0.4, -0.2) is 17.4 Å². The smallest absolute Gasteiger partial charge is 0.282 e. The lowest BCUT2D eigenvalue weighted by Crippen LogP contribution is -2.39. The number of hydrogen-bond donors (Lipinski definition) is 1. The van der Waals surface area contributed by atoms with Crippen molar-refractivity contribution in [2.75, 3.05) is 6.54 Å². The molecule has 2 bridgehead atoms. The Labute approximate surface area is 168 Å². The summed E-state index contributed by atoms with van der Waals surface area (Å²) in [6.45, 7) is 0.495. The lowest BCUT2D eigenvalue weighted by molar-refractivity contribution is -0.385. The average molecular weight is 384 g/mol. The second-order valence-corrected chi connectivity index (χ2v) is 7.77. The number of nitrogens with one attached hydrogen (secondary N) is 1. The van der Waals surface area contributed by atoms with E-state index in [2.05, 4.69) is 53.8 Å². The standard InChI is InChI=1S/C24H20N2O3/c27-24(20-11-5-6-12-22(20)26(28)29)25-14-15-13-21-16-7-1-3-9-18(16)23(15)19-10-4-2-8-17(19)21/h1-12,15,21,23H,13-14H2,(H,25,27). The molecular weight excluding hydrogens is 364 g/mol. The highest BCUT2D eigenvalue weighted by molar-refractivity contribution is 5.98. The first kappa shape index (κ1) is 17.6. The summed E-state index contributed by atoms with van der Waals surface area (Å²) in [5.41, 5.74) is 5.40. The third kappa shape index (κ3) is 2.81. The molecule has 0 saturated carbocycles. The number of rotatable bonds is 4. The Morgan fingerprint density at radius 3 is 2.07 bits per heavy atom. The highest BCUT2D eigenvalue weighted by Crippen LogP contribution is 2.55. The maximum atomic E-state index is 12.7. The predicted molar refractivity (Wildman–Crippen MR) is 110 cm³/mol. The number of carbonyl (C=O) groups excluding carboxylic acids is 1. The molecule has 1 unspecified atom stereocenters. The predicted octanol–water partition coefficient (Wildman–Crippen LogP) is 4.62. The van der Waals surface area contributed by atoms with Crippen LogP contribution in [0.2, 0.25) is 0 Å². The van der Waals surface area contributed by atoms with Gasteiger partial charge in [-0.25, -0.2) is 0 Å². The van der Waals surface area contributed by atoms with E-state index in [-0.39, 0.29) is 29.0 Å². The Morgan fingerprint density at radius 1 is 0.897 bits per heavy atom. The second kappa shape index (κ2) is 6.85. The van der Waals surface area contributed by atoms with Crippen molar-refractivity contribution in [2.45, 2.75) is 18.3 Å². The van der Waals surface area contributed by atoms with E-state index in [1.165, 1.54) is 34.4 Å². The first-order valence-electron chi connectivity index (χ1n) is 9.84. The van der Waals surface area contributed by atoms with Crippen LogP contribution in [0.1, 0.15) is 50.9 Å². The molecular formula is C24H20N2O3. The molecule has 0 saturated heterocycles. The zero-order valence-corrected chi connectivity index (χ0v) is 15.7. The van der Waals surface area contributed by atoms with E-state index < -0.39 is 4.92 Å². The van der Waals surface area contributed by atoms with Crippen molar-refractivity contribution < 1.29 is 9.72 Å². The van der Waals surface area contributed by atoms with E-state index in [4.69, 9.17) is 0 Å². The lowest BCUT2D eigenvalue weighted by atomic mass is 9.59. The molecule has 0 radical (unpaired) electrons. The van der Waals surface area contributed by atoms with Crippen LogP contribution in [0.5, 0.6) is 0 Å². The molecule has 0 spiro atoms. The van der Waals surface area contributed by atoms with Gasteiger partial charge < -0.3 is 5.32 Å². The van der Waals surface area contributed by atoms with E-state index in [1.807, 2.05) is 0 Å². The number of nitro groups is 1. The first-order valence-corrected chi connectivity index (χ1v) is 9.84. The van der Waals surface area contributed by atoms with E-state index in [9.17, 15) is 14.9 Å². The number of para-hydroxylation sites is 1. The number of amides is 1. The van der Waals surface area contributed by atoms with Crippen molar-refractivity contribution in [2.24, 2.45) is 5.92 Å². The molecule has 0 heterocycles. The third-order valence-corrected chi connectivity index (χ3v) is 6.29. The Bertz CT molecular complexity index is 1080. The van der Waals surface area contributed by atoms with E-state index in [1.54, 1.807) is 12.1 Å². The van der Waals surface area contributed by atoms with Crippen molar-refractivity contribution in [1.82, 2.24) is 5.32 Å². The van der Waals surface area contributed by atoms with Gasteiger partial charge in [-0.05, 0) is 40.7 Å². The molecule has 1 atom stereocenters. The van der Waals surface area contributed by atoms with E-state index in [0.717, 1.165) is 6.42 Å². The van der Waals surface area contributed by atoms with Gasteiger partial charge in [-0.3, -0.25) is 14.9 Å². The number of carbonyl (C=O) groups is 1. The Balaban J connectivity index is 1.43. The molecule has 6 rings (SSSR count). The van der Waals surface area contributed by atoms with Gasteiger partial charge in [-0.15, -0.1) is 0 Å². The van der Waals surface area contributed by atoms with Gasteiger partial charge in [0.15, 0.2) is 0 Å². The number of benzene rings is 3. The monoisotopic (exact) mass is 384 g/mol. The quantitative estimate of drug-likeness (QED) is 0.527. The topological polar surface area (TPSA) is 72.2 Å². The number of fused-ring (bicyclic) bond motifs is 1. The first-order chi connectivity index (χ1) is 14.1. The van der Waals surface area contributed by atoms with Crippen molar-refractivity contribution >= 4 is 11.6 Å². The van der Waals surface area contributed by atoms with Crippen LogP contribution in [0.15, 0.2) is 72.8 Å². The minimum atomic E-state index is -0.510. The van der Waals surface area contributed by atoms with Crippen LogP contribution in [0, 0.1) is 16.0 Å². The van der Waals surface area contributed by atoms with Crippen LogP contribution < -0.4 is 5.32 Å². The molecule has 144 valence electrons. The Hall–Kier alpha value is -3.47. The number of nitrogens with zero attached hydrogens (tertiary/aromatic N) is 1. The van der Waals surface area contributed by atoms with Crippen LogP contribution >= 0.6 is 0 Å². The van der Waals surface area contributed by atoms with E-state index in [0.29, 0.717) is 12.5 Å². The van der Waals surface area contributed by atoms with Gasteiger partial charge in [0, 0.05) is 24.4 Å². The maximum Gasteiger partial charge on any atom is 0.282 e. The number of nitro benzene ring substituents is 1. The lowest BCUT2D eigenvalue weighted by Gasteiger charge is -2.45. The Kier molecular flexibility index (Phi) is 4.16. The van der Waals surface area contributed by atoms with Crippen LogP contribution in [0.3, 0.4) is 0 Å². The molecule has 3 aromatic rings. The number of hydrogen-bond acceptors (Lipinski definition) is 3. The molecule has 0 fully saturated rings. The second-order valence-electron chi connectivity index (χ2n) is 7.77. The van der Waals surface area contributed by atoms with Crippen LogP contribution in [-0.2, 0) is 0 Å². The fraction of sp³-hybridized carbons (Fsp3) is 0.208.